The molecule has 1 aromatic rings. The van der Waals surface area contributed by atoms with E-state index >= 15 is 0 Å². The highest BCUT2D eigenvalue weighted by atomic mass is 16.7. The van der Waals surface area contributed by atoms with E-state index in [1.807, 2.05) is 4.90 Å². The lowest BCUT2D eigenvalue weighted by Gasteiger charge is -2.47. The first-order chi connectivity index (χ1) is 24.8. The van der Waals surface area contributed by atoms with Crippen LogP contribution in [0.3, 0.4) is 0 Å². The molecule has 17 unspecified atom stereocenters. The van der Waals surface area contributed by atoms with Gasteiger partial charge in [-0.1, -0.05) is 12.1 Å². The first-order valence-corrected chi connectivity index (χ1v) is 16.9. The molecule has 4 aliphatic rings. The molecule has 0 radical (unpaired) electrons. The van der Waals surface area contributed by atoms with Crippen molar-refractivity contribution < 1.29 is 94.1 Å². The van der Waals surface area contributed by atoms with Crippen LogP contribution >= 0.6 is 0 Å². The van der Waals surface area contributed by atoms with Gasteiger partial charge in [0.15, 0.2) is 18.9 Å². The highest BCUT2D eigenvalue weighted by Gasteiger charge is 2.51. The fourth-order valence-corrected chi connectivity index (χ4v) is 6.66. The molecule has 4 heterocycles. The van der Waals surface area contributed by atoms with E-state index < -0.39 is 130 Å². The molecule has 20 nitrogen and oxygen atoms in total. The summed E-state index contributed by atoms with van der Waals surface area (Å²) in [5, 5.41) is 113. The van der Waals surface area contributed by atoms with Gasteiger partial charge in [0.2, 0.25) is 0 Å². The SMILES string of the molecule is CC1OC(COC2OC(CO)C(O)C(OC3CN(Cc4ccc(C(=O)O)cc4)CC(CO)O3)C2O)C(O)C(OC2OC(CO)C(O)C(O)C2O)C1O. The van der Waals surface area contributed by atoms with Gasteiger partial charge in [0.05, 0.1) is 44.2 Å². The number of rotatable bonds is 13. The van der Waals surface area contributed by atoms with Crippen molar-refractivity contribution in [3.63, 3.8) is 0 Å². The maximum atomic E-state index is 11.3. The molecule has 5 rings (SSSR count). The summed E-state index contributed by atoms with van der Waals surface area (Å²) in [4.78, 5) is 13.1. The third kappa shape index (κ3) is 9.25. The predicted octanol–water partition coefficient (Wildman–Crippen LogP) is -5.56. The first kappa shape index (κ1) is 41.1. The van der Waals surface area contributed by atoms with Crippen LogP contribution in [0.15, 0.2) is 24.3 Å². The number of carbonyl (C=O) groups is 1. The Morgan fingerprint density at radius 1 is 0.692 bits per heavy atom. The Labute approximate surface area is 297 Å². The number of aromatic carboxylic acids is 1. The molecule has 4 saturated heterocycles. The second-order valence-electron chi connectivity index (χ2n) is 13.4. The van der Waals surface area contributed by atoms with E-state index in [1.54, 1.807) is 12.1 Å². The normalized spacial score (nSPS) is 43.3. The molecule has 1 aromatic carbocycles. The average Bonchev–Trinajstić information content (AvgIpc) is 3.13. The number of carboxylic acid groups (broad SMARTS) is 1. The van der Waals surface area contributed by atoms with Gasteiger partial charge in [-0.15, -0.1) is 0 Å². The molecular weight excluding hydrogens is 702 g/mol. The van der Waals surface area contributed by atoms with E-state index in [9.17, 15) is 61.0 Å². The summed E-state index contributed by atoms with van der Waals surface area (Å²) in [5.74, 6) is -1.07. The number of hydrogen-bond donors (Lipinski definition) is 11. The van der Waals surface area contributed by atoms with Gasteiger partial charge in [-0.25, -0.2) is 4.79 Å². The minimum atomic E-state index is -1.81. The molecule has 0 amide bonds. The van der Waals surface area contributed by atoms with Crippen molar-refractivity contribution in [2.24, 2.45) is 0 Å². The molecule has 4 fully saturated rings. The van der Waals surface area contributed by atoms with E-state index in [1.165, 1.54) is 19.1 Å². The van der Waals surface area contributed by atoms with Crippen LogP contribution in [0.4, 0.5) is 0 Å². The monoisotopic (exact) mass is 751 g/mol. The Morgan fingerprint density at radius 2 is 1.31 bits per heavy atom. The van der Waals surface area contributed by atoms with E-state index in [0.29, 0.717) is 13.1 Å². The van der Waals surface area contributed by atoms with Crippen molar-refractivity contribution in [2.75, 3.05) is 39.5 Å². The van der Waals surface area contributed by atoms with Crippen molar-refractivity contribution in [2.45, 2.75) is 118 Å². The number of aliphatic hydroxyl groups is 10. The zero-order valence-corrected chi connectivity index (χ0v) is 28.2. The van der Waals surface area contributed by atoms with E-state index in [4.69, 9.17) is 33.2 Å². The summed E-state index contributed by atoms with van der Waals surface area (Å²) in [6.45, 7) is -0.127. The van der Waals surface area contributed by atoms with Gasteiger partial charge in [-0.3, -0.25) is 4.90 Å². The standard InChI is InChI=1S/C32H49NO19/c1-13-21(37)28(52-32-26(42)25(41)22(38)17(10-35)50-32)24(40)19(47-13)12-46-31-27(43)29(23(39)18(11-36)49-31)51-20-8-33(7-16(9-34)48-20)6-14-2-4-15(5-3-14)30(44)45/h2-5,13,16-29,31-32,34-43H,6-12H2,1H3,(H,44,45). The summed E-state index contributed by atoms with van der Waals surface area (Å²) in [6.07, 6.45) is -24.5. The van der Waals surface area contributed by atoms with Gasteiger partial charge >= 0.3 is 5.97 Å². The largest absolute Gasteiger partial charge is 0.478 e. The molecule has 0 saturated carbocycles. The summed E-state index contributed by atoms with van der Waals surface area (Å²) in [5.41, 5.74) is 0.896. The second kappa shape index (κ2) is 18.1. The molecule has 0 spiro atoms. The lowest BCUT2D eigenvalue weighted by molar-refractivity contribution is -0.352. The van der Waals surface area contributed by atoms with Gasteiger partial charge in [-0.05, 0) is 24.6 Å². The van der Waals surface area contributed by atoms with Gasteiger partial charge in [0, 0.05) is 19.6 Å². The number of benzene rings is 1. The third-order valence-electron chi connectivity index (χ3n) is 9.64. The lowest BCUT2D eigenvalue weighted by atomic mass is 9.94. The second-order valence-corrected chi connectivity index (χ2v) is 13.4. The van der Waals surface area contributed by atoms with E-state index in [0.717, 1.165) is 5.56 Å². The Bertz CT molecular complexity index is 1280. The van der Waals surface area contributed by atoms with Gasteiger partial charge in [0.25, 0.3) is 0 Å². The molecule has 52 heavy (non-hydrogen) atoms. The van der Waals surface area contributed by atoms with Gasteiger partial charge in [-0.2, -0.15) is 0 Å². The average molecular weight is 752 g/mol. The van der Waals surface area contributed by atoms with E-state index in [-0.39, 0.29) is 18.7 Å². The summed E-state index contributed by atoms with van der Waals surface area (Å²) < 4.78 is 39.9. The Kier molecular flexibility index (Phi) is 14.3. The minimum absolute atomic E-state index is 0.113. The predicted molar refractivity (Wildman–Crippen MR) is 168 cm³/mol. The van der Waals surface area contributed by atoms with Crippen LogP contribution in [0.1, 0.15) is 22.8 Å². The maximum absolute atomic E-state index is 11.3. The lowest BCUT2D eigenvalue weighted by Crippen LogP contribution is -2.65. The van der Waals surface area contributed by atoms with Crippen LogP contribution in [-0.2, 0) is 39.7 Å². The number of carboxylic acids is 1. The van der Waals surface area contributed by atoms with Crippen molar-refractivity contribution in [1.29, 1.82) is 0 Å². The molecular formula is C32H49NO19. The first-order valence-electron chi connectivity index (χ1n) is 16.9. The van der Waals surface area contributed by atoms with Crippen molar-refractivity contribution in [1.82, 2.24) is 4.90 Å². The van der Waals surface area contributed by atoms with Crippen LogP contribution in [0.25, 0.3) is 0 Å². The molecule has 20 heteroatoms. The zero-order chi connectivity index (χ0) is 37.9. The van der Waals surface area contributed by atoms with Crippen molar-refractivity contribution in [3.05, 3.63) is 35.4 Å². The minimum Gasteiger partial charge on any atom is -0.478 e. The summed E-state index contributed by atoms with van der Waals surface area (Å²) >= 11 is 0. The number of nitrogens with zero attached hydrogens (tertiary/aromatic N) is 1. The highest BCUT2D eigenvalue weighted by Crippen LogP contribution is 2.31. The highest BCUT2D eigenvalue weighted by molar-refractivity contribution is 5.87. The van der Waals surface area contributed by atoms with Gasteiger partial charge < -0.3 is 89.3 Å². The summed E-state index contributed by atoms with van der Waals surface area (Å²) in [7, 11) is 0. The molecule has 17 atom stereocenters. The van der Waals surface area contributed by atoms with Crippen LogP contribution < -0.4 is 0 Å². The number of hydrogen-bond acceptors (Lipinski definition) is 19. The number of morpholine rings is 1. The summed E-state index contributed by atoms with van der Waals surface area (Å²) in [6, 6.07) is 6.24. The quantitative estimate of drug-likeness (QED) is 0.0895. The Balaban J connectivity index is 1.22. The Morgan fingerprint density at radius 3 is 1.94 bits per heavy atom. The fourth-order valence-electron chi connectivity index (χ4n) is 6.66. The molecule has 11 N–H and O–H groups in total. The smallest absolute Gasteiger partial charge is 0.335 e. The topological polar surface area (TPSA) is 307 Å². The van der Waals surface area contributed by atoms with Crippen molar-refractivity contribution in [3.8, 4) is 0 Å². The van der Waals surface area contributed by atoms with Crippen LogP contribution in [0.5, 0.6) is 0 Å². The van der Waals surface area contributed by atoms with Crippen LogP contribution in [0, 0.1) is 0 Å². The van der Waals surface area contributed by atoms with E-state index in [2.05, 4.69) is 0 Å². The third-order valence-corrected chi connectivity index (χ3v) is 9.64. The fraction of sp³-hybridized carbons (Fsp3) is 0.781. The van der Waals surface area contributed by atoms with Crippen LogP contribution in [-0.4, -0.2) is 211 Å². The maximum Gasteiger partial charge on any atom is 0.335 e. The molecule has 0 aliphatic carbocycles. The number of ether oxygens (including phenoxy) is 7. The molecule has 296 valence electrons. The Hall–Kier alpha value is -2.03. The van der Waals surface area contributed by atoms with Gasteiger partial charge in [0.1, 0.15) is 73.2 Å². The number of aliphatic hydroxyl groups excluding tert-OH is 10. The van der Waals surface area contributed by atoms with Crippen molar-refractivity contribution >= 4 is 5.97 Å². The van der Waals surface area contributed by atoms with Crippen LogP contribution in [0.2, 0.25) is 0 Å². The zero-order valence-electron chi connectivity index (χ0n) is 28.2. The molecule has 0 aromatic heterocycles. The molecule has 0 bridgehead atoms. The molecule has 4 aliphatic heterocycles.